The van der Waals surface area contributed by atoms with Crippen LogP contribution in [0.15, 0.2) is 35.8 Å². The lowest BCUT2D eigenvalue weighted by molar-refractivity contribution is -0.123. The number of amides is 1. The second-order valence-corrected chi connectivity index (χ2v) is 8.56. The summed E-state index contributed by atoms with van der Waals surface area (Å²) in [7, 11) is 0. The van der Waals surface area contributed by atoms with Crippen LogP contribution in [0.2, 0.25) is 0 Å². The molecule has 0 aliphatic heterocycles. The summed E-state index contributed by atoms with van der Waals surface area (Å²) in [5, 5.41) is 2.82. The van der Waals surface area contributed by atoms with Gasteiger partial charge < -0.3 is 10.1 Å². The molecule has 0 aliphatic rings. The summed E-state index contributed by atoms with van der Waals surface area (Å²) >= 11 is 1.53. The largest absolute Gasteiger partial charge is 0.484 e. The highest BCUT2D eigenvalue weighted by Gasteiger charge is 2.24. The summed E-state index contributed by atoms with van der Waals surface area (Å²) in [5.41, 5.74) is 2.96. The molecule has 0 fully saturated rings. The van der Waals surface area contributed by atoms with Gasteiger partial charge in [-0.3, -0.25) is 4.79 Å². The number of thiazole rings is 1. The summed E-state index contributed by atoms with van der Waals surface area (Å²) in [4.78, 5) is 16.4. The highest BCUT2D eigenvalue weighted by molar-refractivity contribution is 7.16. The third-order valence-electron chi connectivity index (χ3n) is 4.37. The van der Waals surface area contributed by atoms with Crippen LogP contribution in [0.3, 0.4) is 0 Å². The van der Waals surface area contributed by atoms with Crippen LogP contribution in [0.4, 0.5) is 8.78 Å². The van der Waals surface area contributed by atoms with Gasteiger partial charge in [0.1, 0.15) is 17.4 Å². The Balaban J connectivity index is 1.62. The number of carbonyl (C=O) groups is 1. The smallest absolute Gasteiger partial charge is 0.258 e. The van der Waals surface area contributed by atoms with Crippen molar-refractivity contribution in [1.29, 1.82) is 0 Å². The Labute approximate surface area is 166 Å². The van der Waals surface area contributed by atoms with E-state index >= 15 is 0 Å². The first-order chi connectivity index (χ1) is 13.1. The van der Waals surface area contributed by atoms with Crippen LogP contribution >= 0.6 is 11.3 Å². The van der Waals surface area contributed by atoms with Gasteiger partial charge in [-0.25, -0.2) is 13.8 Å². The van der Waals surface area contributed by atoms with Crippen LogP contribution in [0.5, 0.6) is 5.75 Å². The van der Waals surface area contributed by atoms with E-state index in [1.165, 1.54) is 11.3 Å². The number of nitrogens with one attached hydrogen (secondary N) is 1. The van der Waals surface area contributed by atoms with Gasteiger partial charge >= 0.3 is 0 Å². The summed E-state index contributed by atoms with van der Waals surface area (Å²) in [6.45, 7) is 6.72. The molecular formula is C21H22F2N2O2S. The van der Waals surface area contributed by atoms with Crippen molar-refractivity contribution in [2.45, 2.75) is 39.2 Å². The van der Waals surface area contributed by atoms with Gasteiger partial charge in [-0.1, -0.05) is 26.8 Å². The van der Waals surface area contributed by atoms with Gasteiger partial charge in [-0.2, -0.15) is 0 Å². The maximum atomic E-state index is 14.2. The molecule has 1 heterocycles. The molecule has 1 unspecified atom stereocenters. The minimum absolute atomic E-state index is 0.00335. The average Bonchev–Trinajstić information content (AvgIpc) is 3.05. The van der Waals surface area contributed by atoms with Crippen molar-refractivity contribution >= 4 is 27.5 Å². The van der Waals surface area contributed by atoms with Crippen molar-refractivity contribution in [3.8, 4) is 5.75 Å². The minimum Gasteiger partial charge on any atom is -0.484 e. The van der Waals surface area contributed by atoms with E-state index in [-0.39, 0.29) is 29.9 Å². The molecule has 2 aromatic carbocycles. The highest BCUT2D eigenvalue weighted by atomic mass is 32.1. The number of hydrogen-bond donors (Lipinski definition) is 1. The molecule has 0 saturated heterocycles. The van der Waals surface area contributed by atoms with E-state index in [1.807, 2.05) is 25.1 Å². The van der Waals surface area contributed by atoms with Gasteiger partial charge in [0, 0.05) is 17.7 Å². The van der Waals surface area contributed by atoms with E-state index < -0.39 is 17.0 Å². The number of fused-ring (bicyclic) bond motifs is 1. The third kappa shape index (κ3) is 4.47. The van der Waals surface area contributed by atoms with Crippen LogP contribution < -0.4 is 10.1 Å². The third-order valence-corrected chi connectivity index (χ3v) is 5.16. The van der Waals surface area contributed by atoms with Gasteiger partial charge in [-0.05, 0) is 30.0 Å². The molecule has 4 nitrogen and oxygen atoms in total. The topological polar surface area (TPSA) is 51.2 Å². The number of halogens is 2. The molecule has 28 heavy (non-hydrogen) atoms. The van der Waals surface area contributed by atoms with Crippen LogP contribution in [0.25, 0.3) is 10.2 Å². The number of ether oxygens (including phenoxy) is 1. The van der Waals surface area contributed by atoms with Crippen molar-refractivity contribution in [3.05, 3.63) is 58.6 Å². The van der Waals surface area contributed by atoms with E-state index in [4.69, 9.17) is 4.74 Å². The number of benzene rings is 2. The van der Waals surface area contributed by atoms with E-state index in [1.54, 1.807) is 26.3 Å². The summed E-state index contributed by atoms with van der Waals surface area (Å²) in [5.74, 6) is -1.77. The molecule has 0 spiro atoms. The molecule has 1 amide bonds. The van der Waals surface area contributed by atoms with Crippen molar-refractivity contribution < 1.29 is 18.3 Å². The number of rotatable bonds is 5. The van der Waals surface area contributed by atoms with Crippen molar-refractivity contribution in [3.63, 3.8) is 0 Å². The zero-order valence-electron chi connectivity index (χ0n) is 16.2. The molecule has 1 atom stereocenters. The zero-order valence-corrected chi connectivity index (χ0v) is 17.0. The normalized spacial score (nSPS) is 12.8. The second kappa shape index (κ2) is 7.83. The van der Waals surface area contributed by atoms with Gasteiger partial charge in [0.05, 0.1) is 21.8 Å². The highest BCUT2D eigenvalue weighted by Crippen LogP contribution is 2.31. The molecule has 1 N–H and O–H groups in total. The first-order valence-electron chi connectivity index (χ1n) is 8.90. The Bertz CT molecular complexity index is 988. The number of hydrogen-bond acceptors (Lipinski definition) is 4. The van der Waals surface area contributed by atoms with Crippen molar-refractivity contribution in [2.24, 2.45) is 0 Å². The number of nitrogens with zero attached hydrogens (tertiary/aromatic N) is 1. The Morgan fingerprint density at radius 1 is 1.21 bits per heavy atom. The fourth-order valence-corrected chi connectivity index (χ4v) is 3.73. The van der Waals surface area contributed by atoms with Crippen LogP contribution in [-0.4, -0.2) is 17.5 Å². The van der Waals surface area contributed by atoms with Crippen LogP contribution in [0, 0.1) is 11.6 Å². The van der Waals surface area contributed by atoms with Gasteiger partial charge in [-0.15, -0.1) is 11.3 Å². The zero-order chi connectivity index (χ0) is 20.5. The molecule has 0 radical (unpaired) electrons. The molecule has 3 rings (SSSR count). The Kier molecular flexibility index (Phi) is 5.65. The van der Waals surface area contributed by atoms with Gasteiger partial charge in [0.15, 0.2) is 6.61 Å². The minimum atomic E-state index is -0.686. The molecule has 0 aliphatic carbocycles. The van der Waals surface area contributed by atoms with Gasteiger partial charge in [0.25, 0.3) is 5.91 Å². The van der Waals surface area contributed by atoms with E-state index in [9.17, 15) is 13.6 Å². The van der Waals surface area contributed by atoms with Crippen LogP contribution in [-0.2, 0) is 10.2 Å². The molecule has 1 aromatic heterocycles. The Morgan fingerprint density at radius 3 is 2.54 bits per heavy atom. The molecule has 7 heteroatoms. The molecule has 0 saturated carbocycles. The second-order valence-electron chi connectivity index (χ2n) is 7.67. The summed E-state index contributed by atoms with van der Waals surface area (Å²) in [6.07, 6.45) is 0. The molecule has 0 bridgehead atoms. The quantitative estimate of drug-likeness (QED) is 0.642. The summed E-state index contributed by atoms with van der Waals surface area (Å²) < 4.78 is 34.8. The first-order valence-corrected chi connectivity index (χ1v) is 9.78. The van der Waals surface area contributed by atoms with Crippen molar-refractivity contribution in [1.82, 2.24) is 10.3 Å². The van der Waals surface area contributed by atoms with Crippen molar-refractivity contribution in [2.75, 3.05) is 6.61 Å². The van der Waals surface area contributed by atoms with E-state index in [2.05, 4.69) is 10.3 Å². The monoisotopic (exact) mass is 404 g/mol. The maximum absolute atomic E-state index is 14.2. The number of aromatic nitrogens is 1. The number of carbonyl (C=O) groups excluding carboxylic acids is 1. The fourth-order valence-electron chi connectivity index (χ4n) is 3.01. The SMILES string of the molecule is CC(NC(=O)COc1cc(F)c(C(C)(C)C)c(F)c1)c1ccc2ncsc2c1. The lowest BCUT2D eigenvalue weighted by Crippen LogP contribution is -2.31. The fraction of sp³-hybridized carbons (Fsp3) is 0.333. The maximum Gasteiger partial charge on any atom is 0.258 e. The van der Waals surface area contributed by atoms with E-state index in [0.29, 0.717) is 0 Å². The van der Waals surface area contributed by atoms with Crippen LogP contribution in [0.1, 0.15) is 44.9 Å². The Hall–Kier alpha value is -2.54. The van der Waals surface area contributed by atoms with E-state index in [0.717, 1.165) is 27.9 Å². The molecule has 3 aromatic rings. The lowest BCUT2D eigenvalue weighted by Gasteiger charge is -2.21. The lowest BCUT2D eigenvalue weighted by atomic mass is 9.86. The van der Waals surface area contributed by atoms with Gasteiger partial charge in [0.2, 0.25) is 0 Å². The first kappa shape index (κ1) is 20.2. The predicted molar refractivity (Wildman–Crippen MR) is 107 cm³/mol. The summed E-state index contributed by atoms with van der Waals surface area (Å²) in [6, 6.07) is 7.77. The standard InChI is InChI=1S/C21H22F2N2O2S/c1-12(13-5-6-17-18(7-13)28-11-24-17)25-19(26)10-27-14-8-15(22)20(16(23)9-14)21(2,3)4/h5-9,11-12H,10H2,1-4H3,(H,25,26). The molecule has 148 valence electrons. The Morgan fingerprint density at radius 2 is 1.89 bits per heavy atom. The molecular weight excluding hydrogens is 382 g/mol. The predicted octanol–water partition coefficient (Wildman–Crippen LogP) is 5.13. The average molecular weight is 404 g/mol.